The number of hydrogen-bond acceptors (Lipinski definition) is 6. The Labute approximate surface area is 171 Å². The Kier molecular flexibility index (Phi) is 6.53. The van der Waals surface area contributed by atoms with Crippen molar-refractivity contribution in [1.82, 2.24) is 14.9 Å². The van der Waals surface area contributed by atoms with Gasteiger partial charge in [-0.1, -0.05) is 23.9 Å². The summed E-state index contributed by atoms with van der Waals surface area (Å²) in [6, 6.07) is 7.74. The van der Waals surface area contributed by atoms with Crippen LogP contribution in [0.25, 0.3) is 15.9 Å². The van der Waals surface area contributed by atoms with Crippen LogP contribution in [0.3, 0.4) is 0 Å². The zero-order chi connectivity index (χ0) is 20.3. The molecule has 148 valence electrons. The van der Waals surface area contributed by atoms with E-state index >= 15 is 0 Å². The Bertz CT molecular complexity index is 1070. The molecule has 3 rings (SSSR count). The van der Waals surface area contributed by atoms with Gasteiger partial charge in [-0.3, -0.25) is 14.2 Å². The van der Waals surface area contributed by atoms with Gasteiger partial charge in [0.05, 0.1) is 23.4 Å². The molecule has 0 radical (unpaired) electrons. The molecule has 0 aliphatic carbocycles. The predicted molar refractivity (Wildman–Crippen MR) is 115 cm³/mol. The number of rotatable bonds is 7. The van der Waals surface area contributed by atoms with E-state index in [1.54, 1.807) is 11.7 Å². The van der Waals surface area contributed by atoms with E-state index in [0.717, 1.165) is 21.7 Å². The first-order valence-corrected chi connectivity index (χ1v) is 10.7. The number of carbonyl (C=O) groups is 1. The minimum Gasteiger partial charge on any atom is -0.383 e. The second-order valence-corrected chi connectivity index (χ2v) is 8.61. The molecule has 0 saturated carbocycles. The smallest absolute Gasteiger partial charge is 0.267 e. The van der Waals surface area contributed by atoms with Gasteiger partial charge in [0.25, 0.3) is 5.56 Å². The third-order valence-corrected chi connectivity index (χ3v) is 6.43. The van der Waals surface area contributed by atoms with Crippen molar-refractivity contribution in [2.75, 3.05) is 26.0 Å². The molecular formula is C20H23N3O3S2. The summed E-state index contributed by atoms with van der Waals surface area (Å²) in [6.07, 6.45) is 0. The summed E-state index contributed by atoms with van der Waals surface area (Å²) in [5.74, 6) is 0.0577. The van der Waals surface area contributed by atoms with Gasteiger partial charge in [0, 0.05) is 18.5 Å². The first-order valence-electron chi connectivity index (χ1n) is 8.90. The Morgan fingerprint density at radius 3 is 2.82 bits per heavy atom. The molecule has 28 heavy (non-hydrogen) atoms. The molecule has 0 aliphatic heterocycles. The van der Waals surface area contributed by atoms with Crippen molar-refractivity contribution in [2.45, 2.75) is 25.9 Å². The molecule has 1 aromatic carbocycles. The molecule has 0 spiro atoms. The minimum atomic E-state index is -0.120. The number of ether oxygens (including phenoxy) is 1. The third-order valence-electron chi connectivity index (χ3n) is 4.39. The van der Waals surface area contributed by atoms with Crippen molar-refractivity contribution in [3.05, 3.63) is 50.6 Å². The number of nitrogens with zero attached hydrogens (tertiary/aromatic N) is 2. The standard InChI is InChI=1S/C20H23N3O3S2/c1-12-6-5-7-15(10-12)23-19(25)17-13(2)14(3)28-18(17)22-20(23)27-11-16(24)21-8-9-26-4/h5-7,10H,8-9,11H2,1-4H3,(H,21,24). The summed E-state index contributed by atoms with van der Waals surface area (Å²) in [6.45, 7) is 6.84. The average Bonchev–Trinajstić information content (AvgIpc) is 2.94. The SMILES string of the molecule is COCCNC(=O)CSc1nc2sc(C)c(C)c2c(=O)n1-c1cccc(C)c1. The van der Waals surface area contributed by atoms with E-state index < -0.39 is 0 Å². The minimum absolute atomic E-state index is 0.0975. The van der Waals surface area contributed by atoms with Gasteiger partial charge in [-0.05, 0) is 44.0 Å². The van der Waals surface area contributed by atoms with Crippen LogP contribution < -0.4 is 10.9 Å². The molecule has 2 heterocycles. The average molecular weight is 418 g/mol. The number of benzene rings is 1. The van der Waals surface area contributed by atoms with Gasteiger partial charge in [-0.15, -0.1) is 11.3 Å². The summed E-state index contributed by atoms with van der Waals surface area (Å²) >= 11 is 2.77. The van der Waals surface area contributed by atoms with Crippen molar-refractivity contribution in [3.63, 3.8) is 0 Å². The molecule has 1 N–H and O–H groups in total. The van der Waals surface area contributed by atoms with E-state index in [4.69, 9.17) is 9.72 Å². The molecule has 0 bridgehead atoms. The summed E-state index contributed by atoms with van der Waals surface area (Å²) < 4.78 is 6.56. The lowest BCUT2D eigenvalue weighted by Gasteiger charge is -2.13. The number of aryl methyl sites for hydroxylation is 3. The van der Waals surface area contributed by atoms with E-state index in [2.05, 4.69) is 5.32 Å². The number of carbonyl (C=O) groups excluding carboxylic acids is 1. The zero-order valence-electron chi connectivity index (χ0n) is 16.4. The number of nitrogens with one attached hydrogen (secondary N) is 1. The lowest BCUT2D eigenvalue weighted by atomic mass is 10.2. The summed E-state index contributed by atoms with van der Waals surface area (Å²) in [5.41, 5.74) is 2.67. The van der Waals surface area contributed by atoms with Crippen molar-refractivity contribution in [3.8, 4) is 5.69 Å². The number of aromatic nitrogens is 2. The second kappa shape index (κ2) is 8.89. The van der Waals surface area contributed by atoms with Gasteiger partial charge in [0.2, 0.25) is 5.91 Å². The van der Waals surface area contributed by atoms with Crippen LogP contribution in [-0.4, -0.2) is 41.5 Å². The maximum atomic E-state index is 13.3. The molecular weight excluding hydrogens is 394 g/mol. The molecule has 0 unspecified atom stereocenters. The van der Waals surface area contributed by atoms with E-state index in [-0.39, 0.29) is 17.2 Å². The van der Waals surface area contributed by atoms with Crippen LogP contribution >= 0.6 is 23.1 Å². The van der Waals surface area contributed by atoms with Crippen LogP contribution in [-0.2, 0) is 9.53 Å². The molecule has 6 nitrogen and oxygen atoms in total. The van der Waals surface area contributed by atoms with Crippen molar-refractivity contribution < 1.29 is 9.53 Å². The zero-order valence-corrected chi connectivity index (χ0v) is 18.0. The first-order chi connectivity index (χ1) is 13.4. The summed E-state index contributed by atoms with van der Waals surface area (Å²) in [7, 11) is 1.59. The third kappa shape index (κ3) is 4.29. The molecule has 1 amide bonds. The fraction of sp³-hybridized carbons (Fsp3) is 0.350. The van der Waals surface area contributed by atoms with Crippen LogP contribution in [0.2, 0.25) is 0 Å². The van der Waals surface area contributed by atoms with E-state index in [1.165, 1.54) is 23.1 Å². The van der Waals surface area contributed by atoms with E-state index in [1.807, 2.05) is 45.0 Å². The maximum absolute atomic E-state index is 13.3. The highest BCUT2D eigenvalue weighted by atomic mass is 32.2. The van der Waals surface area contributed by atoms with Gasteiger partial charge in [-0.2, -0.15) is 0 Å². The Morgan fingerprint density at radius 1 is 1.32 bits per heavy atom. The number of fused-ring (bicyclic) bond motifs is 1. The number of hydrogen-bond donors (Lipinski definition) is 1. The van der Waals surface area contributed by atoms with Crippen molar-refractivity contribution >= 4 is 39.2 Å². The molecule has 2 aromatic heterocycles. The Hall–Kier alpha value is -2.16. The summed E-state index contributed by atoms with van der Waals surface area (Å²) in [4.78, 5) is 32.0. The van der Waals surface area contributed by atoms with Crippen molar-refractivity contribution in [1.29, 1.82) is 0 Å². The van der Waals surface area contributed by atoms with Crippen LogP contribution in [0.1, 0.15) is 16.0 Å². The van der Waals surface area contributed by atoms with Gasteiger partial charge in [-0.25, -0.2) is 4.98 Å². The highest BCUT2D eigenvalue weighted by molar-refractivity contribution is 7.99. The van der Waals surface area contributed by atoms with Crippen molar-refractivity contribution in [2.24, 2.45) is 0 Å². The largest absolute Gasteiger partial charge is 0.383 e. The molecule has 8 heteroatoms. The van der Waals surface area contributed by atoms with Crippen LogP contribution in [0.4, 0.5) is 0 Å². The topological polar surface area (TPSA) is 73.2 Å². The number of thioether (sulfide) groups is 1. The molecule has 0 saturated heterocycles. The number of thiophene rings is 1. The molecule has 3 aromatic rings. The molecule has 0 fully saturated rings. The van der Waals surface area contributed by atoms with E-state index in [9.17, 15) is 9.59 Å². The predicted octanol–water partition coefficient (Wildman–Crippen LogP) is 3.23. The fourth-order valence-corrected chi connectivity index (χ4v) is 4.75. The summed E-state index contributed by atoms with van der Waals surface area (Å²) in [5, 5.41) is 3.96. The Balaban J connectivity index is 2.03. The monoisotopic (exact) mass is 417 g/mol. The van der Waals surface area contributed by atoms with Crippen LogP contribution in [0.15, 0.2) is 34.2 Å². The molecule has 0 atom stereocenters. The molecule has 0 aliphatic rings. The highest BCUT2D eigenvalue weighted by Crippen LogP contribution is 2.29. The van der Waals surface area contributed by atoms with Crippen LogP contribution in [0, 0.1) is 20.8 Å². The van der Waals surface area contributed by atoms with E-state index in [0.29, 0.717) is 28.5 Å². The highest BCUT2D eigenvalue weighted by Gasteiger charge is 2.18. The quantitative estimate of drug-likeness (QED) is 0.363. The lowest BCUT2D eigenvalue weighted by Crippen LogP contribution is -2.29. The maximum Gasteiger partial charge on any atom is 0.267 e. The van der Waals surface area contributed by atoms with Gasteiger partial charge in [0.1, 0.15) is 4.83 Å². The van der Waals surface area contributed by atoms with Gasteiger partial charge < -0.3 is 10.1 Å². The van der Waals surface area contributed by atoms with Gasteiger partial charge in [0.15, 0.2) is 5.16 Å². The van der Waals surface area contributed by atoms with Gasteiger partial charge >= 0.3 is 0 Å². The van der Waals surface area contributed by atoms with Crippen LogP contribution in [0.5, 0.6) is 0 Å². The first kappa shape index (κ1) is 20.6. The number of methoxy groups -OCH3 is 1. The second-order valence-electron chi connectivity index (χ2n) is 6.47. The fourth-order valence-electron chi connectivity index (χ4n) is 2.84. The Morgan fingerprint density at radius 2 is 2.11 bits per heavy atom. The lowest BCUT2D eigenvalue weighted by molar-refractivity contribution is -0.118. The normalized spacial score (nSPS) is 11.1. The number of amides is 1.